The number of hydrogen-bond acceptors (Lipinski definition) is 3. The molecule has 2 rings (SSSR count). The summed E-state index contributed by atoms with van der Waals surface area (Å²) in [6.45, 7) is 0. The Kier molecular flexibility index (Phi) is 4.14. The number of benzene rings is 1. The lowest BCUT2D eigenvalue weighted by Crippen LogP contribution is -2.44. The van der Waals surface area contributed by atoms with Crippen LogP contribution < -0.4 is 4.90 Å². The number of carbonyl (C=O) groups excluding carboxylic acids is 1. The largest absolute Gasteiger partial charge is 0.481 e. The smallest absolute Gasteiger partial charge is 0.307 e. The van der Waals surface area contributed by atoms with Crippen LogP contribution in [0.1, 0.15) is 12.8 Å². The van der Waals surface area contributed by atoms with Crippen LogP contribution in [-0.2, 0) is 9.59 Å². The number of carbonyl (C=O) groups is 2. The van der Waals surface area contributed by atoms with Crippen LogP contribution in [-0.4, -0.2) is 30.3 Å². The average molecular weight is 279 g/mol. The summed E-state index contributed by atoms with van der Waals surface area (Å²) in [5, 5.41) is 9.01. The van der Waals surface area contributed by atoms with E-state index in [0.717, 1.165) is 10.6 Å². The van der Waals surface area contributed by atoms with Gasteiger partial charge in [0.05, 0.1) is 11.8 Å². The first-order chi connectivity index (χ1) is 9.04. The molecular weight excluding hydrogens is 262 g/mol. The van der Waals surface area contributed by atoms with Crippen molar-refractivity contribution in [1.82, 2.24) is 0 Å². The number of thioether (sulfide) groups is 1. The molecule has 1 amide bonds. The third-order valence-corrected chi connectivity index (χ3v) is 4.41. The highest BCUT2D eigenvalue weighted by Crippen LogP contribution is 2.36. The zero-order valence-corrected chi connectivity index (χ0v) is 11.8. The summed E-state index contributed by atoms with van der Waals surface area (Å²) in [5.74, 6) is -1.85. The van der Waals surface area contributed by atoms with Crippen molar-refractivity contribution in [2.24, 2.45) is 11.8 Å². The van der Waals surface area contributed by atoms with E-state index in [4.69, 9.17) is 5.11 Å². The van der Waals surface area contributed by atoms with Crippen molar-refractivity contribution in [1.29, 1.82) is 0 Å². The molecule has 2 atom stereocenters. The molecule has 0 saturated heterocycles. The second-order valence-corrected chi connectivity index (χ2v) is 5.61. The molecule has 1 aliphatic rings. The van der Waals surface area contributed by atoms with Gasteiger partial charge in [-0.3, -0.25) is 9.59 Å². The maximum atomic E-state index is 12.3. The highest BCUT2D eigenvalue weighted by Gasteiger charge is 2.42. The molecule has 1 N–H and O–H groups in total. The summed E-state index contributed by atoms with van der Waals surface area (Å²) in [5.41, 5.74) is 0.813. The number of anilines is 1. The molecule has 1 aromatic rings. The number of nitrogens with zero attached hydrogens (tertiary/aromatic N) is 1. The first-order valence-electron chi connectivity index (χ1n) is 6.19. The first kappa shape index (κ1) is 13.9. The fourth-order valence-corrected chi connectivity index (χ4v) is 2.74. The van der Waals surface area contributed by atoms with Gasteiger partial charge in [0.25, 0.3) is 0 Å². The van der Waals surface area contributed by atoms with E-state index in [9.17, 15) is 9.59 Å². The second-order valence-electron chi connectivity index (χ2n) is 4.73. The topological polar surface area (TPSA) is 57.6 Å². The predicted octanol–water partition coefficient (Wildman–Crippen LogP) is 2.48. The Morgan fingerprint density at radius 1 is 1.32 bits per heavy atom. The molecule has 0 aliphatic heterocycles. The van der Waals surface area contributed by atoms with E-state index in [1.54, 1.807) is 23.7 Å². The molecule has 5 heteroatoms. The number of hydrogen-bond donors (Lipinski definition) is 1. The van der Waals surface area contributed by atoms with Gasteiger partial charge in [-0.15, -0.1) is 11.8 Å². The van der Waals surface area contributed by atoms with Gasteiger partial charge in [0.15, 0.2) is 0 Å². The van der Waals surface area contributed by atoms with Gasteiger partial charge in [0.1, 0.15) is 0 Å². The minimum Gasteiger partial charge on any atom is -0.481 e. The van der Waals surface area contributed by atoms with Gasteiger partial charge in [-0.05, 0) is 37.3 Å². The summed E-state index contributed by atoms with van der Waals surface area (Å²) in [6, 6.07) is 7.69. The molecule has 0 radical (unpaired) electrons. The van der Waals surface area contributed by atoms with Crippen LogP contribution in [0.25, 0.3) is 0 Å². The molecule has 1 aromatic carbocycles. The van der Waals surface area contributed by atoms with Crippen molar-refractivity contribution in [3.63, 3.8) is 0 Å². The summed E-state index contributed by atoms with van der Waals surface area (Å²) >= 11 is 1.61. The van der Waals surface area contributed by atoms with E-state index in [1.807, 2.05) is 30.5 Å². The Labute approximate surface area is 116 Å². The van der Waals surface area contributed by atoms with Crippen LogP contribution in [0, 0.1) is 11.8 Å². The molecule has 4 nitrogen and oxygen atoms in total. The lowest BCUT2D eigenvalue weighted by atomic mass is 9.73. The maximum absolute atomic E-state index is 12.3. The molecular formula is C14H17NO3S. The standard InChI is InChI=1S/C14H17NO3S/c1-15(9-4-3-5-10(8-9)19-2)13(16)11-6-7-12(11)14(17)18/h3-5,8,11-12H,6-7H2,1-2H3,(H,17,18). The summed E-state index contributed by atoms with van der Waals surface area (Å²) in [4.78, 5) is 25.9. The Balaban J connectivity index is 2.12. The van der Waals surface area contributed by atoms with Gasteiger partial charge in [-0.1, -0.05) is 6.07 Å². The number of rotatable bonds is 4. The highest BCUT2D eigenvalue weighted by atomic mass is 32.2. The van der Waals surface area contributed by atoms with E-state index in [1.165, 1.54) is 0 Å². The van der Waals surface area contributed by atoms with Crippen molar-refractivity contribution in [3.05, 3.63) is 24.3 Å². The number of carboxylic acid groups (broad SMARTS) is 1. The molecule has 1 aliphatic carbocycles. The third kappa shape index (κ3) is 2.76. The van der Waals surface area contributed by atoms with Crippen LogP contribution in [0.2, 0.25) is 0 Å². The highest BCUT2D eigenvalue weighted by molar-refractivity contribution is 7.98. The Bertz CT molecular complexity index is 503. The van der Waals surface area contributed by atoms with Gasteiger partial charge in [-0.2, -0.15) is 0 Å². The number of amides is 1. The molecule has 19 heavy (non-hydrogen) atoms. The fraction of sp³-hybridized carbons (Fsp3) is 0.429. The summed E-state index contributed by atoms with van der Waals surface area (Å²) < 4.78 is 0. The normalized spacial score (nSPS) is 21.6. The quantitative estimate of drug-likeness (QED) is 0.860. The van der Waals surface area contributed by atoms with Crippen molar-refractivity contribution < 1.29 is 14.7 Å². The molecule has 0 aromatic heterocycles. The van der Waals surface area contributed by atoms with E-state index >= 15 is 0 Å². The van der Waals surface area contributed by atoms with Crippen molar-refractivity contribution in [2.75, 3.05) is 18.2 Å². The molecule has 0 bridgehead atoms. The Morgan fingerprint density at radius 2 is 2.00 bits per heavy atom. The summed E-state index contributed by atoms with van der Waals surface area (Å²) in [6.07, 6.45) is 3.25. The average Bonchev–Trinajstić information content (AvgIpc) is 2.35. The molecule has 102 valence electrons. The van der Waals surface area contributed by atoms with Gasteiger partial charge in [-0.25, -0.2) is 0 Å². The second kappa shape index (κ2) is 5.65. The molecule has 0 heterocycles. The lowest BCUT2D eigenvalue weighted by Gasteiger charge is -2.35. The minimum absolute atomic E-state index is 0.100. The van der Waals surface area contributed by atoms with E-state index < -0.39 is 11.9 Å². The SMILES string of the molecule is CSc1cccc(N(C)C(=O)C2CCC2C(=O)O)c1. The van der Waals surface area contributed by atoms with Crippen molar-refractivity contribution in [3.8, 4) is 0 Å². The van der Waals surface area contributed by atoms with E-state index in [0.29, 0.717) is 12.8 Å². The van der Waals surface area contributed by atoms with Gasteiger partial charge in [0, 0.05) is 17.6 Å². The van der Waals surface area contributed by atoms with E-state index in [2.05, 4.69) is 0 Å². The maximum Gasteiger partial charge on any atom is 0.307 e. The van der Waals surface area contributed by atoms with Crippen LogP contribution >= 0.6 is 11.8 Å². The van der Waals surface area contributed by atoms with Crippen LogP contribution in [0.5, 0.6) is 0 Å². The molecule has 2 unspecified atom stereocenters. The van der Waals surface area contributed by atoms with Crippen LogP contribution in [0.15, 0.2) is 29.2 Å². The van der Waals surface area contributed by atoms with Crippen molar-refractivity contribution in [2.45, 2.75) is 17.7 Å². The molecule has 0 spiro atoms. The van der Waals surface area contributed by atoms with Gasteiger partial charge < -0.3 is 10.0 Å². The minimum atomic E-state index is -0.865. The predicted molar refractivity (Wildman–Crippen MR) is 75.5 cm³/mol. The van der Waals surface area contributed by atoms with Crippen molar-refractivity contribution >= 4 is 29.3 Å². The lowest BCUT2D eigenvalue weighted by molar-refractivity contribution is -0.151. The fourth-order valence-electron chi connectivity index (χ4n) is 2.29. The Hall–Kier alpha value is -1.49. The number of aliphatic carboxylic acids is 1. The number of carboxylic acids is 1. The van der Waals surface area contributed by atoms with Gasteiger partial charge >= 0.3 is 5.97 Å². The third-order valence-electron chi connectivity index (χ3n) is 3.68. The monoisotopic (exact) mass is 279 g/mol. The first-order valence-corrected chi connectivity index (χ1v) is 7.41. The summed E-state index contributed by atoms with van der Waals surface area (Å²) in [7, 11) is 1.71. The molecule has 1 fully saturated rings. The van der Waals surface area contributed by atoms with Crippen LogP contribution in [0.3, 0.4) is 0 Å². The van der Waals surface area contributed by atoms with E-state index in [-0.39, 0.29) is 11.8 Å². The molecule has 1 saturated carbocycles. The zero-order chi connectivity index (χ0) is 14.0. The zero-order valence-electron chi connectivity index (χ0n) is 11.0. The Morgan fingerprint density at radius 3 is 2.53 bits per heavy atom. The van der Waals surface area contributed by atoms with Crippen LogP contribution in [0.4, 0.5) is 5.69 Å². The van der Waals surface area contributed by atoms with Gasteiger partial charge in [0.2, 0.25) is 5.91 Å².